The second kappa shape index (κ2) is 20.5. The third-order valence-corrected chi connectivity index (χ3v) is 8.32. The monoisotopic (exact) mass is 660 g/mol. The molecule has 4 nitrogen and oxygen atoms in total. The molecule has 264 valence electrons. The summed E-state index contributed by atoms with van der Waals surface area (Å²) in [6.07, 6.45) is 13.8. The minimum Gasteiger partial charge on any atom is -0.457 e. The van der Waals surface area contributed by atoms with E-state index in [1.54, 1.807) is 6.07 Å². The number of hydrogen-bond acceptors (Lipinski definition) is 4. The summed E-state index contributed by atoms with van der Waals surface area (Å²) in [5, 5.41) is 10.7. The Morgan fingerprint density at radius 1 is 0.723 bits per heavy atom. The molecule has 0 spiro atoms. The van der Waals surface area contributed by atoms with Crippen LogP contribution in [0.3, 0.4) is 0 Å². The van der Waals surface area contributed by atoms with Gasteiger partial charge in [-0.25, -0.2) is 4.79 Å². The maximum Gasteiger partial charge on any atom is 0.432 e. The molecular weight excluding hydrogens is 601 g/mol. The molecule has 0 aliphatic rings. The van der Waals surface area contributed by atoms with Gasteiger partial charge in [-0.2, -0.15) is 13.2 Å². The van der Waals surface area contributed by atoms with Crippen LogP contribution < -0.4 is 0 Å². The molecule has 1 aromatic carbocycles. The number of hydrogen-bond donors (Lipinski definition) is 1. The van der Waals surface area contributed by atoms with Crippen molar-refractivity contribution in [3.63, 3.8) is 0 Å². The summed E-state index contributed by atoms with van der Waals surface area (Å²) < 4.78 is 53.2. The summed E-state index contributed by atoms with van der Waals surface area (Å²) >= 11 is 0. The van der Waals surface area contributed by atoms with Crippen molar-refractivity contribution in [1.82, 2.24) is 0 Å². The van der Waals surface area contributed by atoms with Gasteiger partial charge in [-0.1, -0.05) is 88.6 Å². The summed E-state index contributed by atoms with van der Waals surface area (Å²) in [4.78, 5) is 13.2. The normalized spacial score (nSPS) is 15.7. The lowest BCUT2D eigenvalue weighted by atomic mass is 9.91. The third-order valence-electron chi connectivity index (χ3n) is 8.32. The van der Waals surface area contributed by atoms with Crippen LogP contribution in [0.2, 0.25) is 0 Å². The number of aliphatic hydroxyl groups is 1. The molecule has 0 bridgehead atoms. The predicted octanol–water partition coefficient (Wildman–Crippen LogP) is 11.4. The van der Waals surface area contributed by atoms with Crippen LogP contribution >= 0.6 is 0 Å². The standard InChI is InChI=1S/C40H59F3O4/c1-30(2)18-15-21-33(5)24-16-22-31(3)19-13-14-20-32(4)23-17-25-34(6)28-29-36(38(7,8)45)47-37(44)39(46-9,40(41,42)43)35-26-11-10-12-27-35/h10-12,18-20,24-27,36,45H,13-17,21-23,28-29H2,1-9H3/b31-19+,32-20+,33-24+,34-25+/t36-,39+/m0/s1. The third kappa shape index (κ3) is 15.2. The lowest BCUT2D eigenvalue weighted by Crippen LogP contribution is -2.54. The number of alkyl halides is 3. The number of benzene rings is 1. The molecule has 0 saturated heterocycles. The molecular formula is C40H59F3O4. The average Bonchev–Trinajstić information content (AvgIpc) is 2.97. The first-order valence-corrected chi connectivity index (χ1v) is 16.8. The highest BCUT2D eigenvalue weighted by Crippen LogP contribution is 2.43. The summed E-state index contributed by atoms with van der Waals surface area (Å²) in [5.41, 5.74) is 1.32. The molecule has 0 radical (unpaired) electrons. The lowest BCUT2D eigenvalue weighted by Gasteiger charge is -2.36. The molecule has 1 aromatic rings. The van der Waals surface area contributed by atoms with E-state index in [2.05, 4.69) is 65.0 Å². The van der Waals surface area contributed by atoms with Gasteiger partial charge >= 0.3 is 12.1 Å². The van der Waals surface area contributed by atoms with E-state index in [4.69, 9.17) is 9.47 Å². The highest BCUT2D eigenvalue weighted by molar-refractivity contribution is 5.83. The molecule has 47 heavy (non-hydrogen) atoms. The van der Waals surface area contributed by atoms with Crippen LogP contribution in [0.25, 0.3) is 0 Å². The Hall–Kier alpha value is -2.90. The highest BCUT2D eigenvalue weighted by atomic mass is 19.4. The van der Waals surface area contributed by atoms with E-state index >= 15 is 0 Å². The van der Waals surface area contributed by atoms with Gasteiger partial charge in [-0.05, 0) is 120 Å². The van der Waals surface area contributed by atoms with Gasteiger partial charge in [0.1, 0.15) is 6.10 Å². The van der Waals surface area contributed by atoms with Crippen molar-refractivity contribution in [2.75, 3.05) is 7.11 Å². The number of unbranched alkanes of at least 4 members (excludes halogenated alkanes) is 1. The fourth-order valence-electron chi connectivity index (χ4n) is 5.26. The van der Waals surface area contributed by atoms with Crippen molar-refractivity contribution >= 4 is 5.97 Å². The van der Waals surface area contributed by atoms with Gasteiger partial charge in [0, 0.05) is 12.7 Å². The van der Waals surface area contributed by atoms with Crippen molar-refractivity contribution in [2.24, 2.45) is 0 Å². The largest absolute Gasteiger partial charge is 0.457 e. The highest BCUT2D eigenvalue weighted by Gasteiger charge is 2.64. The maximum atomic E-state index is 14.3. The Bertz CT molecular complexity index is 1240. The van der Waals surface area contributed by atoms with E-state index in [0.717, 1.165) is 64.0 Å². The van der Waals surface area contributed by atoms with Crippen LogP contribution in [0.4, 0.5) is 13.2 Å². The van der Waals surface area contributed by atoms with Crippen LogP contribution in [-0.2, 0) is 19.9 Å². The van der Waals surface area contributed by atoms with Crippen LogP contribution in [0, 0.1) is 0 Å². The smallest absolute Gasteiger partial charge is 0.432 e. The molecule has 1 N–H and O–H groups in total. The van der Waals surface area contributed by atoms with E-state index in [0.29, 0.717) is 6.42 Å². The van der Waals surface area contributed by atoms with Gasteiger partial charge in [0.05, 0.1) is 5.60 Å². The maximum absolute atomic E-state index is 14.3. The number of allylic oxidation sites excluding steroid dienone is 10. The molecule has 0 aliphatic carbocycles. The molecule has 1 rings (SSSR count). The minimum atomic E-state index is -5.08. The van der Waals surface area contributed by atoms with Gasteiger partial charge in [0.15, 0.2) is 0 Å². The summed E-state index contributed by atoms with van der Waals surface area (Å²) in [7, 11) is 0.831. The molecule has 0 aromatic heterocycles. The molecule has 0 fully saturated rings. The summed E-state index contributed by atoms with van der Waals surface area (Å²) in [6, 6.07) is 6.69. The first-order valence-electron chi connectivity index (χ1n) is 16.8. The Labute approximate surface area is 282 Å². The van der Waals surface area contributed by atoms with E-state index in [9.17, 15) is 23.1 Å². The number of ether oxygens (including phenoxy) is 2. The van der Waals surface area contributed by atoms with E-state index in [1.807, 2.05) is 6.92 Å². The van der Waals surface area contributed by atoms with Crippen molar-refractivity contribution in [3.05, 3.63) is 94.1 Å². The Morgan fingerprint density at radius 3 is 1.55 bits per heavy atom. The molecule has 0 saturated carbocycles. The van der Waals surface area contributed by atoms with Gasteiger partial charge in [-0.15, -0.1) is 0 Å². The van der Waals surface area contributed by atoms with E-state index in [-0.39, 0.29) is 12.0 Å². The first-order chi connectivity index (χ1) is 21.9. The van der Waals surface area contributed by atoms with Crippen molar-refractivity contribution in [2.45, 2.75) is 143 Å². The number of rotatable bonds is 20. The number of esters is 1. The van der Waals surface area contributed by atoms with Crippen LogP contribution in [0.15, 0.2) is 88.6 Å². The van der Waals surface area contributed by atoms with Crippen molar-refractivity contribution < 1.29 is 32.5 Å². The van der Waals surface area contributed by atoms with E-state index < -0.39 is 29.5 Å². The molecule has 0 aliphatic heterocycles. The Balaban J connectivity index is 2.65. The van der Waals surface area contributed by atoms with Crippen molar-refractivity contribution in [3.8, 4) is 0 Å². The molecule has 0 heterocycles. The second-order valence-corrected chi connectivity index (χ2v) is 13.5. The number of halogens is 3. The lowest BCUT2D eigenvalue weighted by molar-refractivity contribution is -0.281. The first kappa shape index (κ1) is 42.1. The zero-order chi connectivity index (χ0) is 35.7. The molecule has 2 atom stereocenters. The fourth-order valence-corrected chi connectivity index (χ4v) is 5.26. The summed E-state index contributed by atoms with van der Waals surface area (Å²) in [5.74, 6) is -1.60. The number of carbonyl (C=O) groups excluding carboxylic acids is 1. The molecule has 0 unspecified atom stereocenters. The van der Waals surface area contributed by atoms with Gasteiger partial charge in [0.2, 0.25) is 0 Å². The Morgan fingerprint density at radius 2 is 1.15 bits per heavy atom. The van der Waals surface area contributed by atoms with Gasteiger partial charge in [0.25, 0.3) is 5.60 Å². The summed E-state index contributed by atoms with van der Waals surface area (Å²) in [6.45, 7) is 15.6. The average molecular weight is 661 g/mol. The zero-order valence-corrected chi connectivity index (χ0v) is 30.2. The second-order valence-electron chi connectivity index (χ2n) is 13.5. The zero-order valence-electron chi connectivity index (χ0n) is 30.2. The van der Waals surface area contributed by atoms with Crippen LogP contribution in [0.5, 0.6) is 0 Å². The number of carbonyl (C=O) groups is 1. The van der Waals surface area contributed by atoms with Crippen LogP contribution in [0.1, 0.15) is 125 Å². The molecule has 0 amide bonds. The Kier molecular flexibility index (Phi) is 18.3. The predicted molar refractivity (Wildman–Crippen MR) is 188 cm³/mol. The SMILES string of the molecule is CO[C@@](C(=O)O[C@@H](CC/C(C)=C/CC/C(C)=C/CC/C=C(\C)CC/C=C(\C)CCC=C(C)C)C(C)(C)O)(c1ccccc1)C(F)(F)F. The quantitative estimate of drug-likeness (QED) is 0.0859. The van der Waals surface area contributed by atoms with Crippen molar-refractivity contribution in [1.29, 1.82) is 0 Å². The minimum absolute atomic E-state index is 0.162. The van der Waals surface area contributed by atoms with Gasteiger partial charge < -0.3 is 14.6 Å². The van der Waals surface area contributed by atoms with E-state index in [1.165, 1.54) is 60.4 Å². The number of methoxy groups -OCH3 is 1. The fraction of sp³-hybridized carbons (Fsp3) is 0.575. The van der Waals surface area contributed by atoms with Gasteiger partial charge in [-0.3, -0.25) is 0 Å². The topological polar surface area (TPSA) is 55.8 Å². The molecule has 7 heteroatoms. The van der Waals surface area contributed by atoms with Crippen LogP contribution in [-0.4, -0.2) is 36.1 Å².